The third kappa shape index (κ3) is 2.84. The van der Waals surface area contributed by atoms with Crippen LogP contribution in [0, 0.1) is 22.7 Å². The fraction of sp³-hybridized carbons (Fsp3) is 0.857. The summed E-state index contributed by atoms with van der Waals surface area (Å²) in [6.07, 6.45) is 3.53. The minimum absolute atomic E-state index is 0.284. The Balaban J connectivity index is 2.00. The number of hydrogen-bond donors (Lipinski definition) is 1. The Morgan fingerprint density at radius 2 is 2.28 bits per heavy atom. The van der Waals surface area contributed by atoms with Gasteiger partial charge in [0.1, 0.15) is 0 Å². The summed E-state index contributed by atoms with van der Waals surface area (Å²) < 4.78 is 0. The highest BCUT2D eigenvalue weighted by Crippen LogP contribution is 2.30. The van der Waals surface area contributed by atoms with Crippen LogP contribution in [0.4, 0.5) is 0 Å². The fourth-order valence-corrected chi connectivity index (χ4v) is 3.00. The molecule has 2 atom stereocenters. The highest BCUT2D eigenvalue weighted by Gasteiger charge is 2.37. The number of carbonyl (C=O) groups is 1. The first-order chi connectivity index (χ1) is 8.53. The van der Waals surface area contributed by atoms with Crippen molar-refractivity contribution >= 4 is 5.91 Å². The van der Waals surface area contributed by atoms with Crippen LogP contribution in [0.3, 0.4) is 0 Å². The van der Waals surface area contributed by atoms with Gasteiger partial charge in [0.2, 0.25) is 5.91 Å². The number of rotatable bonds is 3. The number of carbonyl (C=O) groups excluding carboxylic acids is 1. The monoisotopic (exact) mass is 249 g/mol. The van der Waals surface area contributed by atoms with Crippen LogP contribution in [0.1, 0.15) is 39.5 Å². The lowest BCUT2D eigenvalue weighted by atomic mass is 9.83. The summed E-state index contributed by atoms with van der Waals surface area (Å²) in [6, 6.07) is 2.72. The molecule has 2 unspecified atom stereocenters. The predicted octanol–water partition coefficient (Wildman–Crippen LogP) is 1.53. The molecule has 1 amide bonds. The van der Waals surface area contributed by atoms with Crippen molar-refractivity contribution in [1.82, 2.24) is 10.2 Å². The molecule has 0 aliphatic carbocycles. The zero-order valence-corrected chi connectivity index (χ0v) is 11.4. The molecule has 18 heavy (non-hydrogen) atoms. The number of amides is 1. The van der Waals surface area contributed by atoms with Crippen molar-refractivity contribution in [1.29, 1.82) is 5.26 Å². The minimum Gasteiger partial charge on any atom is -0.339 e. The Morgan fingerprint density at radius 3 is 3.00 bits per heavy atom. The molecule has 1 N–H and O–H groups in total. The van der Waals surface area contributed by atoms with E-state index >= 15 is 0 Å². The molecule has 4 heteroatoms. The van der Waals surface area contributed by atoms with Gasteiger partial charge in [-0.25, -0.2) is 0 Å². The Labute approximate surface area is 109 Å². The molecule has 2 rings (SSSR count). The van der Waals surface area contributed by atoms with Crippen molar-refractivity contribution in [3.8, 4) is 6.07 Å². The normalized spacial score (nSPS) is 28.7. The SMILES string of the molecule is CC(C)(C#N)CCN1C(=O)CCC2CNCCC21. The number of fused-ring (bicyclic) bond motifs is 1. The van der Waals surface area contributed by atoms with Crippen molar-refractivity contribution in [2.45, 2.75) is 45.6 Å². The van der Waals surface area contributed by atoms with Crippen LogP contribution in [0.25, 0.3) is 0 Å². The molecule has 100 valence electrons. The molecule has 0 bridgehead atoms. The van der Waals surface area contributed by atoms with Crippen LogP contribution in [0.15, 0.2) is 0 Å². The molecule has 0 radical (unpaired) electrons. The summed E-state index contributed by atoms with van der Waals surface area (Å²) in [6.45, 7) is 6.67. The van der Waals surface area contributed by atoms with Gasteiger partial charge in [-0.05, 0) is 52.1 Å². The highest BCUT2D eigenvalue weighted by atomic mass is 16.2. The van der Waals surface area contributed by atoms with Gasteiger partial charge in [0.05, 0.1) is 11.5 Å². The maximum atomic E-state index is 12.1. The quantitative estimate of drug-likeness (QED) is 0.825. The van der Waals surface area contributed by atoms with Crippen LogP contribution in [0.5, 0.6) is 0 Å². The molecular weight excluding hydrogens is 226 g/mol. The lowest BCUT2D eigenvalue weighted by Gasteiger charge is -2.44. The van der Waals surface area contributed by atoms with Gasteiger partial charge in [-0.3, -0.25) is 4.79 Å². The summed E-state index contributed by atoms with van der Waals surface area (Å²) in [5, 5.41) is 12.5. The number of hydrogen-bond acceptors (Lipinski definition) is 3. The number of nitrogens with one attached hydrogen (secondary N) is 1. The summed E-state index contributed by atoms with van der Waals surface area (Å²) in [4.78, 5) is 14.1. The van der Waals surface area contributed by atoms with Crippen molar-refractivity contribution in [3.63, 3.8) is 0 Å². The molecule has 0 spiro atoms. The maximum absolute atomic E-state index is 12.1. The van der Waals surface area contributed by atoms with Crippen LogP contribution in [0.2, 0.25) is 0 Å². The molecule has 2 saturated heterocycles. The van der Waals surface area contributed by atoms with Crippen LogP contribution < -0.4 is 5.32 Å². The Hall–Kier alpha value is -1.08. The van der Waals surface area contributed by atoms with Gasteiger partial charge in [0, 0.05) is 19.0 Å². The highest BCUT2D eigenvalue weighted by molar-refractivity contribution is 5.77. The summed E-state index contributed by atoms with van der Waals surface area (Å²) in [7, 11) is 0. The van der Waals surface area contributed by atoms with E-state index in [0.29, 0.717) is 18.4 Å². The van der Waals surface area contributed by atoms with E-state index in [-0.39, 0.29) is 11.3 Å². The van der Waals surface area contributed by atoms with Gasteiger partial charge >= 0.3 is 0 Å². The standard InChI is InChI=1S/C14H23N3O/c1-14(2,10-15)6-8-17-12-5-7-16-9-11(12)3-4-13(17)18/h11-12,16H,3-9H2,1-2H3. The molecule has 0 aromatic carbocycles. The molecular formula is C14H23N3O. The van der Waals surface area contributed by atoms with E-state index in [1.165, 1.54) is 0 Å². The predicted molar refractivity (Wildman–Crippen MR) is 69.7 cm³/mol. The second-order valence-corrected chi connectivity index (χ2v) is 6.19. The summed E-state index contributed by atoms with van der Waals surface area (Å²) >= 11 is 0. The Kier molecular flexibility index (Phi) is 3.91. The molecule has 2 heterocycles. The van der Waals surface area contributed by atoms with E-state index in [2.05, 4.69) is 11.4 Å². The zero-order chi connectivity index (χ0) is 13.2. The van der Waals surface area contributed by atoms with Crippen LogP contribution in [-0.4, -0.2) is 36.5 Å². The molecule has 0 aromatic rings. The molecule has 4 nitrogen and oxygen atoms in total. The van der Waals surface area contributed by atoms with Gasteiger partial charge < -0.3 is 10.2 Å². The third-order valence-corrected chi connectivity index (χ3v) is 4.30. The van der Waals surface area contributed by atoms with Gasteiger partial charge in [-0.15, -0.1) is 0 Å². The van der Waals surface area contributed by atoms with Crippen molar-refractivity contribution in [2.75, 3.05) is 19.6 Å². The molecule has 0 aromatic heterocycles. The average Bonchev–Trinajstić information content (AvgIpc) is 2.37. The van der Waals surface area contributed by atoms with E-state index in [1.807, 2.05) is 18.7 Å². The molecule has 2 aliphatic heterocycles. The van der Waals surface area contributed by atoms with Crippen molar-refractivity contribution in [2.24, 2.45) is 11.3 Å². The lowest BCUT2D eigenvalue weighted by molar-refractivity contribution is -0.139. The molecule has 0 saturated carbocycles. The van der Waals surface area contributed by atoms with E-state index in [1.54, 1.807) is 0 Å². The second-order valence-electron chi connectivity index (χ2n) is 6.19. The lowest BCUT2D eigenvalue weighted by Crippen LogP contribution is -2.55. The number of piperidine rings is 2. The first-order valence-corrected chi connectivity index (χ1v) is 6.95. The fourth-order valence-electron chi connectivity index (χ4n) is 3.00. The smallest absolute Gasteiger partial charge is 0.222 e. The van der Waals surface area contributed by atoms with Crippen molar-refractivity contribution < 1.29 is 4.79 Å². The van der Waals surface area contributed by atoms with E-state index in [0.717, 1.165) is 38.9 Å². The molecule has 2 fully saturated rings. The van der Waals surface area contributed by atoms with Gasteiger partial charge in [0.25, 0.3) is 0 Å². The summed E-state index contributed by atoms with van der Waals surface area (Å²) in [5.74, 6) is 0.897. The largest absolute Gasteiger partial charge is 0.339 e. The van der Waals surface area contributed by atoms with E-state index in [9.17, 15) is 4.79 Å². The van der Waals surface area contributed by atoms with Crippen LogP contribution in [-0.2, 0) is 4.79 Å². The number of likely N-dealkylation sites (tertiary alicyclic amines) is 1. The third-order valence-electron chi connectivity index (χ3n) is 4.30. The van der Waals surface area contributed by atoms with Gasteiger partial charge in [-0.2, -0.15) is 5.26 Å². The summed E-state index contributed by atoms with van der Waals surface area (Å²) in [5.41, 5.74) is -0.333. The maximum Gasteiger partial charge on any atom is 0.222 e. The second kappa shape index (κ2) is 5.27. The van der Waals surface area contributed by atoms with E-state index in [4.69, 9.17) is 5.26 Å². The van der Waals surface area contributed by atoms with Gasteiger partial charge in [-0.1, -0.05) is 0 Å². The average molecular weight is 249 g/mol. The number of nitriles is 1. The Bertz CT molecular complexity index is 359. The number of nitrogens with zero attached hydrogens (tertiary/aromatic N) is 2. The first kappa shape index (κ1) is 13.4. The topological polar surface area (TPSA) is 56.1 Å². The molecule has 2 aliphatic rings. The minimum atomic E-state index is -0.333. The van der Waals surface area contributed by atoms with Crippen LogP contribution >= 0.6 is 0 Å². The van der Waals surface area contributed by atoms with E-state index < -0.39 is 0 Å². The van der Waals surface area contributed by atoms with Gasteiger partial charge in [0.15, 0.2) is 0 Å². The Morgan fingerprint density at radius 1 is 1.50 bits per heavy atom. The zero-order valence-electron chi connectivity index (χ0n) is 11.4. The first-order valence-electron chi connectivity index (χ1n) is 6.95. The van der Waals surface area contributed by atoms with Crippen molar-refractivity contribution in [3.05, 3.63) is 0 Å².